The highest BCUT2D eigenvalue weighted by atomic mass is 32.2. The summed E-state index contributed by atoms with van der Waals surface area (Å²) in [5, 5.41) is 12.5. The number of alkyl halides is 3. The Bertz CT molecular complexity index is 1210. The normalized spacial score (nSPS) is 21.4. The predicted molar refractivity (Wildman–Crippen MR) is 129 cm³/mol. The van der Waals surface area contributed by atoms with E-state index in [0.717, 1.165) is 11.3 Å². The molecule has 2 aliphatic rings. The second-order valence-corrected chi connectivity index (χ2v) is 12.1. The van der Waals surface area contributed by atoms with Gasteiger partial charge in [-0.15, -0.1) is 0 Å². The number of hydrogen-bond acceptors (Lipinski definition) is 7. The van der Waals surface area contributed by atoms with Crippen LogP contribution in [0.3, 0.4) is 0 Å². The van der Waals surface area contributed by atoms with Crippen LogP contribution in [0.2, 0.25) is 0 Å². The summed E-state index contributed by atoms with van der Waals surface area (Å²) in [7, 11) is -3.41. The third kappa shape index (κ3) is 6.47. The van der Waals surface area contributed by atoms with Crippen molar-refractivity contribution < 1.29 is 31.5 Å². The van der Waals surface area contributed by atoms with Crippen LogP contribution in [0, 0.1) is 11.8 Å². The van der Waals surface area contributed by atoms with Gasteiger partial charge in [0.1, 0.15) is 0 Å². The van der Waals surface area contributed by atoms with Crippen LogP contribution < -0.4 is 5.32 Å². The summed E-state index contributed by atoms with van der Waals surface area (Å²) in [6.45, 7) is 2.96. The summed E-state index contributed by atoms with van der Waals surface area (Å²) in [5.41, 5.74) is 2.37. The lowest BCUT2D eigenvalue weighted by Crippen LogP contribution is -2.32. The summed E-state index contributed by atoms with van der Waals surface area (Å²) in [5.74, 6) is -1.49. The van der Waals surface area contributed by atoms with Crippen LogP contribution in [0.15, 0.2) is 35.5 Å². The number of rotatable bonds is 8. The summed E-state index contributed by atoms with van der Waals surface area (Å²) in [4.78, 5) is 23.6. The number of nitrogens with one attached hydrogen (secondary N) is 1. The highest BCUT2D eigenvalue weighted by Gasteiger charge is 2.41. The van der Waals surface area contributed by atoms with Crippen molar-refractivity contribution in [2.24, 2.45) is 11.8 Å². The molecule has 12 heteroatoms. The molecule has 3 heterocycles. The maximum absolute atomic E-state index is 12.9. The van der Waals surface area contributed by atoms with Crippen molar-refractivity contribution in [2.45, 2.75) is 62.8 Å². The number of halogens is 3. The standard InChI is InChI=1S/C25H31F3N4O4S/c1-2-37(35,36)20-7-8-21(30-11-20)23(15-33)31-24(34)17-9-18-13-32(14-22(18)29-10-17)12-16-3-5-19(6-4-16)25(26,27)28/h7-11,16,19,23,33H,2-6,12-15H2,1H3,(H,31,34)/t16?,19?,23-/m1/s1. The van der Waals surface area contributed by atoms with Crippen LogP contribution in [-0.4, -0.2) is 59.4 Å². The van der Waals surface area contributed by atoms with Gasteiger partial charge in [0.15, 0.2) is 9.84 Å². The number of aliphatic hydroxyl groups is 1. The van der Waals surface area contributed by atoms with E-state index in [1.165, 1.54) is 31.5 Å². The van der Waals surface area contributed by atoms with Gasteiger partial charge in [-0.25, -0.2) is 8.42 Å². The first-order chi connectivity index (χ1) is 17.5. The SMILES string of the molecule is CCS(=O)(=O)c1ccc([C@@H](CO)NC(=O)c2cnc3c(c2)CN(CC2CCC(C(F)(F)F)CC2)C3)nc1. The van der Waals surface area contributed by atoms with Crippen LogP contribution in [0.25, 0.3) is 0 Å². The molecule has 1 aliphatic carbocycles. The van der Waals surface area contributed by atoms with Crippen molar-refractivity contribution in [1.82, 2.24) is 20.2 Å². The van der Waals surface area contributed by atoms with Crippen molar-refractivity contribution in [3.8, 4) is 0 Å². The molecule has 1 atom stereocenters. The quantitative estimate of drug-likeness (QED) is 0.528. The zero-order valence-corrected chi connectivity index (χ0v) is 21.4. The fourth-order valence-electron chi connectivity index (χ4n) is 5.02. The van der Waals surface area contributed by atoms with Crippen molar-refractivity contribution in [3.05, 3.63) is 53.1 Å². The van der Waals surface area contributed by atoms with Gasteiger partial charge in [-0.3, -0.25) is 19.7 Å². The molecule has 0 unspecified atom stereocenters. The summed E-state index contributed by atoms with van der Waals surface area (Å²) in [6, 6.07) is 3.78. The largest absolute Gasteiger partial charge is 0.394 e. The molecule has 0 saturated heterocycles. The number of aromatic nitrogens is 2. The molecule has 8 nitrogen and oxygen atoms in total. The average Bonchev–Trinajstić information content (AvgIpc) is 3.28. The smallest absolute Gasteiger partial charge is 0.391 e. The first-order valence-corrected chi connectivity index (χ1v) is 14.0. The van der Waals surface area contributed by atoms with Gasteiger partial charge < -0.3 is 10.4 Å². The maximum Gasteiger partial charge on any atom is 0.391 e. The molecule has 1 aliphatic heterocycles. The molecule has 1 fully saturated rings. The van der Waals surface area contributed by atoms with Gasteiger partial charge in [-0.2, -0.15) is 13.2 Å². The lowest BCUT2D eigenvalue weighted by molar-refractivity contribution is -0.184. The van der Waals surface area contributed by atoms with Crippen LogP contribution in [-0.2, 0) is 22.9 Å². The summed E-state index contributed by atoms with van der Waals surface area (Å²) >= 11 is 0. The van der Waals surface area contributed by atoms with E-state index in [0.29, 0.717) is 43.7 Å². The number of sulfone groups is 1. The number of pyridine rings is 2. The number of carbonyl (C=O) groups is 1. The molecule has 1 amide bonds. The Morgan fingerprint density at radius 1 is 1.16 bits per heavy atom. The zero-order chi connectivity index (χ0) is 26.8. The van der Waals surface area contributed by atoms with E-state index in [4.69, 9.17) is 0 Å². The van der Waals surface area contributed by atoms with Crippen molar-refractivity contribution in [3.63, 3.8) is 0 Å². The maximum atomic E-state index is 12.9. The third-order valence-electron chi connectivity index (χ3n) is 7.26. The van der Waals surface area contributed by atoms with Gasteiger partial charge in [-0.05, 0) is 55.4 Å². The van der Waals surface area contributed by atoms with Gasteiger partial charge in [0, 0.05) is 32.0 Å². The molecule has 2 N–H and O–H groups in total. The molecule has 0 bridgehead atoms. The second kappa shape index (κ2) is 11.0. The lowest BCUT2D eigenvalue weighted by atomic mass is 9.81. The predicted octanol–water partition coefficient (Wildman–Crippen LogP) is 3.42. The summed E-state index contributed by atoms with van der Waals surface area (Å²) in [6.07, 6.45) is 0.0281. The Hall–Kier alpha value is -2.57. The van der Waals surface area contributed by atoms with Crippen LogP contribution in [0.5, 0.6) is 0 Å². The minimum absolute atomic E-state index is 0.0594. The molecular formula is C25H31F3N4O4S. The molecule has 0 radical (unpaired) electrons. The number of carbonyl (C=O) groups excluding carboxylic acids is 1. The topological polar surface area (TPSA) is 112 Å². The Labute approximate surface area is 214 Å². The van der Waals surface area contributed by atoms with Crippen LogP contribution in [0.1, 0.15) is 66.0 Å². The van der Waals surface area contributed by atoms with Crippen molar-refractivity contribution >= 4 is 15.7 Å². The third-order valence-corrected chi connectivity index (χ3v) is 8.98. The lowest BCUT2D eigenvalue weighted by Gasteiger charge is -2.32. The van der Waals surface area contributed by atoms with Crippen LogP contribution >= 0.6 is 0 Å². The second-order valence-electron chi connectivity index (χ2n) is 9.79. The molecule has 2 aromatic heterocycles. The Balaban J connectivity index is 1.35. The van der Waals surface area contributed by atoms with E-state index in [9.17, 15) is 31.5 Å². The molecule has 0 aromatic carbocycles. The number of aliphatic hydroxyl groups excluding tert-OH is 1. The van der Waals surface area contributed by atoms with Gasteiger partial charge >= 0.3 is 6.18 Å². The first kappa shape index (κ1) is 27.5. The zero-order valence-electron chi connectivity index (χ0n) is 20.5. The highest BCUT2D eigenvalue weighted by molar-refractivity contribution is 7.91. The Morgan fingerprint density at radius 3 is 2.49 bits per heavy atom. The molecular weight excluding hydrogens is 509 g/mol. The van der Waals surface area contributed by atoms with E-state index in [1.54, 1.807) is 6.07 Å². The van der Waals surface area contributed by atoms with E-state index in [-0.39, 0.29) is 29.4 Å². The number of hydrogen-bond donors (Lipinski definition) is 2. The average molecular weight is 541 g/mol. The van der Waals surface area contributed by atoms with Crippen molar-refractivity contribution in [2.75, 3.05) is 18.9 Å². The van der Waals surface area contributed by atoms with Gasteiger partial charge in [-0.1, -0.05) is 6.92 Å². The molecule has 2 aromatic rings. The molecule has 202 valence electrons. The summed E-state index contributed by atoms with van der Waals surface area (Å²) < 4.78 is 62.8. The van der Waals surface area contributed by atoms with Crippen molar-refractivity contribution in [1.29, 1.82) is 0 Å². The molecule has 1 saturated carbocycles. The van der Waals surface area contributed by atoms with E-state index in [1.807, 2.05) is 0 Å². The van der Waals surface area contributed by atoms with Gasteiger partial charge in [0.2, 0.25) is 0 Å². The Kier molecular flexibility index (Phi) is 8.20. The fourth-order valence-corrected chi connectivity index (χ4v) is 5.84. The van der Waals surface area contributed by atoms with E-state index in [2.05, 4.69) is 20.2 Å². The van der Waals surface area contributed by atoms with E-state index < -0.39 is 40.5 Å². The molecule has 37 heavy (non-hydrogen) atoms. The molecule has 4 rings (SSSR count). The highest BCUT2D eigenvalue weighted by Crippen LogP contribution is 2.40. The number of amides is 1. The number of fused-ring (bicyclic) bond motifs is 1. The minimum Gasteiger partial charge on any atom is -0.394 e. The fraction of sp³-hybridized carbons (Fsp3) is 0.560. The first-order valence-electron chi connectivity index (χ1n) is 12.4. The Morgan fingerprint density at radius 2 is 1.89 bits per heavy atom. The molecule has 0 spiro atoms. The minimum atomic E-state index is -4.11. The van der Waals surface area contributed by atoms with Gasteiger partial charge in [0.05, 0.1) is 46.2 Å². The number of nitrogens with zero attached hydrogens (tertiary/aromatic N) is 3. The monoisotopic (exact) mass is 540 g/mol. The van der Waals surface area contributed by atoms with Crippen LogP contribution in [0.4, 0.5) is 13.2 Å². The van der Waals surface area contributed by atoms with E-state index >= 15 is 0 Å². The van der Waals surface area contributed by atoms with Gasteiger partial charge in [0.25, 0.3) is 5.91 Å².